The average Bonchev–Trinajstić information content (AvgIpc) is 2.81. The fraction of sp³-hybridized carbons (Fsp3) is 0.409. The van der Waals surface area contributed by atoms with Crippen molar-refractivity contribution in [1.29, 1.82) is 0 Å². The highest BCUT2D eigenvalue weighted by Gasteiger charge is 2.33. The summed E-state index contributed by atoms with van der Waals surface area (Å²) < 4.78 is 43.2. The first-order valence-electron chi connectivity index (χ1n) is 10.7. The van der Waals surface area contributed by atoms with E-state index in [9.17, 15) is 22.8 Å². The molecular formula is C22H24F3N5O3. The first-order chi connectivity index (χ1) is 15.8. The molecule has 0 aliphatic carbocycles. The highest BCUT2D eigenvalue weighted by atomic mass is 19.4. The van der Waals surface area contributed by atoms with Gasteiger partial charge in [0.05, 0.1) is 25.1 Å². The zero-order chi connectivity index (χ0) is 23.4. The van der Waals surface area contributed by atoms with Crippen LogP contribution in [0.2, 0.25) is 0 Å². The van der Waals surface area contributed by atoms with Gasteiger partial charge in [-0.25, -0.2) is 9.78 Å². The number of alkyl halides is 3. The van der Waals surface area contributed by atoms with E-state index < -0.39 is 23.9 Å². The molecular weight excluding hydrogens is 439 g/mol. The first kappa shape index (κ1) is 22.8. The number of hydrogen-bond acceptors (Lipinski definition) is 5. The van der Waals surface area contributed by atoms with Crippen LogP contribution in [0.15, 0.2) is 42.6 Å². The van der Waals surface area contributed by atoms with Gasteiger partial charge in [-0.1, -0.05) is 0 Å². The quantitative estimate of drug-likeness (QED) is 0.727. The molecule has 0 unspecified atom stereocenters. The number of pyridine rings is 1. The van der Waals surface area contributed by atoms with Crippen LogP contribution in [0.1, 0.15) is 18.5 Å². The number of morpholine rings is 1. The third kappa shape index (κ3) is 5.54. The molecule has 8 nitrogen and oxygen atoms in total. The summed E-state index contributed by atoms with van der Waals surface area (Å²) >= 11 is 0. The van der Waals surface area contributed by atoms with Crippen LogP contribution < -0.4 is 20.4 Å². The number of halogens is 3. The third-order valence-electron chi connectivity index (χ3n) is 5.59. The lowest BCUT2D eigenvalue weighted by atomic mass is 10.0. The van der Waals surface area contributed by atoms with Crippen LogP contribution in [-0.4, -0.2) is 55.8 Å². The van der Waals surface area contributed by atoms with E-state index in [0.717, 1.165) is 42.8 Å². The summed E-state index contributed by atoms with van der Waals surface area (Å²) in [6.45, 7) is 3.54. The largest absolute Gasteiger partial charge is 0.433 e. The molecule has 2 N–H and O–H groups in total. The molecule has 3 heterocycles. The number of ether oxygens (including phenoxy) is 1. The minimum absolute atomic E-state index is 0.0966. The van der Waals surface area contributed by atoms with Crippen LogP contribution in [0, 0.1) is 0 Å². The van der Waals surface area contributed by atoms with Gasteiger partial charge in [0.2, 0.25) is 5.91 Å². The van der Waals surface area contributed by atoms with Crippen molar-refractivity contribution in [3.05, 3.63) is 48.3 Å². The molecule has 0 saturated carbocycles. The first-order valence-corrected chi connectivity index (χ1v) is 10.7. The zero-order valence-corrected chi connectivity index (χ0v) is 17.8. The lowest BCUT2D eigenvalue weighted by molar-refractivity contribution is -0.141. The van der Waals surface area contributed by atoms with Crippen molar-refractivity contribution in [1.82, 2.24) is 10.3 Å². The van der Waals surface area contributed by atoms with E-state index >= 15 is 0 Å². The van der Waals surface area contributed by atoms with Gasteiger partial charge in [0.1, 0.15) is 11.7 Å². The van der Waals surface area contributed by atoms with E-state index in [2.05, 4.69) is 20.5 Å². The lowest BCUT2D eigenvalue weighted by Crippen LogP contribution is -2.53. The Morgan fingerprint density at radius 3 is 2.36 bits per heavy atom. The molecule has 0 bridgehead atoms. The summed E-state index contributed by atoms with van der Waals surface area (Å²) in [6.07, 6.45) is -2.46. The number of urea groups is 1. The summed E-state index contributed by atoms with van der Waals surface area (Å²) in [6, 6.07) is 8.19. The van der Waals surface area contributed by atoms with Gasteiger partial charge in [-0.3, -0.25) is 4.79 Å². The Bertz CT molecular complexity index is 976. The predicted octanol–water partition coefficient (Wildman–Crippen LogP) is 3.25. The van der Waals surface area contributed by atoms with Gasteiger partial charge in [0, 0.05) is 31.0 Å². The number of piperidine rings is 1. The molecule has 0 spiro atoms. The van der Waals surface area contributed by atoms with Crippen LogP contribution in [0.25, 0.3) is 0 Å². The van der Waals surface area contributed by atoms with Gasteiger partial charge in [-0.2, -0.15) is 13.2 Å². The fourth-order valence-corrected chi connectivity index (χ4v) is 3.89. The maximum absolute atomic E-state index is 13.0. The number of carbonyl (C=O) groups is 2. The van der Waals surface area contributed by atoms with Gasteiger partial charge in [0.25, 0.3) is 0 Å². The highest BCUT2D eigenvalue weighted by molar-refractivity contribution is 6.01. The number of carbonyl (C=O) groups excluding carboxylic acids is 2. The van der Waals surface area contributed by atoms with Crippen molar-refractivity contribution in [2.24, 2.45) is 0 Å². The molecule has 1 aromatic carbocycles. The van der Waals surface area contributed by atoms with E-state index in [1.54, 1.807) is 4.90 Å². The summed E-state index contributed by atoms with van der Waals surface area (Å²) in [5.41, 5.74) is 0.854. The van der Waals surface area contributed by atoms with E-state index in [-0.39, 0.29) is 11.6 Å². The summed E-state index contributed by atoms with van der Waals surface area (Å²) in [5.74, 6) is -0.235. The fourth-order valence-electron chi connectivity index (χ4n) is 3.89. The van der Waals surface area contributed by atoms with Crippen molar-refractivity contribution >= 4 is 29.0 Å². The molecule has 0 radical (unpaired) electrons. The average molecular weight is 463 g/mol. The summed E-state index contributed by atoms with van der Waals surface area (Å²) in [7, 11) is 0. The number of hydrogen-bond donors (Lipinski definition) is 2. The number of nitrogens with one attached hydrogen (secondary N) is 2. The van der Waals surface area contributed by atoms with Crippen molar-refractivity contribution in [3.63, 3.8) is 0 Å². The Kier molecular flexibility index (Phi) is 6.68. The number of benzene rings is 1. The molecule has 3 amide bonds. The Morgan fingerprint density at radius 2 is 1.73 bits per heavy atom. The Labute approximate surface area is 188 Å². The monoisotopic (exact) mass is 463 g/mol. The second kappa shape index (κ2) is 9.65. The molecule has 1 aromatic heterocycles. The second-order valence-electron chi connectivity index (χ2n) is 7.83. The van der Waals surface area contributed by atoms with Crippen LogP contribution >= 0.6 is 0 Å². The number of nitrogens with zero attached hydrogens (tertiary/aromatic N) is 3. The minimum atomic E-state index is -4.56. The molecule has 2 aromatic rings. The molecule has 1 atom stereocenters. The molecule has 2 aliphatic heterocycles. The third-order valence-corrected chi connectivity index (χ3v) is 5.59. The van der Waals surface area contributed by atoms with Crippen molar-refractivity contribution in [2.75, 3.05) is 48.0 Å². The van der Waals surface area contributed by atoms with Gasteiger partial charge >= 0.3 is 12.2 Å². The normalized spacial score (nSPS) is 19.4. The summed E-state index contributed by atoms with van der Waals surface area (Å²) in [5, 5.41) is 5.03. The molecule has 33 heavy (non-hydrogen) atoms. The molecule has 2 aliphatic rings. The molecule has 176 valence electrons. The Balaban J connectivity index is 1.35. The van der Waals surface area contributed by atoms with Gasteiger partial charge in [-0.15, -0.1) is 0 Å². The predicted molar refractivity (Wildman–Crippen MR) is 116 cm³/mol. The van der Waals surface area contributed by atoms with Crippen molar-refractivity contribution in [2.45, 2.75) is 25.1 Å². The van der Waals surface area contributed by atoms with Gasteiger partial charge in [0.15, 0.2) is 0 Å². The Hall–Kier alpha value is -3.34. The SMILES string of the molecule is O=C(Nc1ccc(C(F)(F)F)nc1)N[C@@H]1CCCN(c2ccc(N3CCOCC3)cc2)C1=O. The lowest BCUT2D eigenvalue weighted by Gasteiger charge is -2.33. The minimum Gasteiger partial charge on any atom is -0.378 e. The van der Waals surface area contributed by atoms with E-state index in [1.807, 2.05) is 24.3 Å². The van der Waals surface area contributed by atoms with E-state index in [4.69, 9.17) is 4.74 Å². The number of aromatic nitrogens is 1. The number of amides is 3. The highest BCUT2D eigenvalue weighted by Crippen LogP contribution is 2.28. The van der Waals surface area contributed by atoms with Crippen LogP contribution in [0.5, 0.6) is 0 Å². The van der Waals surface area contributed by atoms with Crippen LogP contribution in [0.3, 0.4) is 0 Å². The maximum atomic E-state index is 13.0. The number of anilines is 3. The smallest absolute Gasteiger partial charge is 0.378 e. The molecule has 11 heteroatoms. The van der Waals surface area contributed by atoms with Crippen LogP contribution in [-0.2, 0) is 15.7 Å². The number of rotatable bonds is 4. The standard InChI is InChI=1S/C22H24F3N5O3/c23-22(24,25)19-8-3-15(14-26-19)27-21(32)28-18-2-1-9-30(20(18)31)17-6-4-16(5-7-17)29-10-12-33-13-11-29/h3-8,14,18H,1-2,9-13H2,(H2,27,28,32)/t18-/m1/s1. The maximum Gasteiger partial charge on any atom is 0.433 e. The van der Waals surface area contributed by atoms with Crippen LogP contribution in [0.4, 0.5) is 35.0 Å². The van der Waals surface area contributed by atoms with Crippen molar-refractivity contribution in [3.8, 4) is 0 Å². The van der Waals surface area contributed by atoms with E-state index in [1.165, 1.54) is 0 Å². The molecule has 2 saturated heterocycles. The zero-order valence-electron chi connectivity index (χ0n) is 17.8. The topological polar surface area (TPSA) is 86.8 Å². The van der Waals surface area contributed by atoms with Crippen molar-refractivity contribution < 1.29 is 27.5 Å². The van der Waals surface area contributed by atoms with Gasteiger partial charge < -0.3 is 25.2 Å². The summed E-state index contributed by atoms with van der Waals surface area (Å²) in [4.78, 5) is 32.4. The Morgan fingerprint density at radius 1 is 1.03 bits per heavy atom. The van der Waals surface area contributed by atoms with E-state index in [0.29, 0.717) is 32.6 Å². The molecule has 2 fully saturated rings. The molecule has 4 rings (SSSR count). The van der Waals surface area contributed by atoms with Gasteiger partial charge in [-0.05, 0) is 49.2 Å². The second-order valence-corrected chi connectivity index (χ2v) is 7.83.